The largest absolute Gasteiger partial charge is 0.311 e. The molecule has 1 heterocycles. The Hall–Kier alpha value is -1.68. The summed E-state index contributed by atoms with van der Waals surface area (Å²) in [7, 11) is 0. The lowest BCUT2D eigenvalue weighted by atomic mass is 10.1. The van der Waals surface area contributed by atoms with Crippen LogP contribution in [0.15, 0.2) is 36.5 Å². The number of nitrogens with one attached hydrogen (secondary N) is 1. The number of halogens is 1. The molecule has 4 heteroatoms. The molecule has 1 aromatic carbocycles. The molecule has 0 aliphatic heterocycles. The number of benzene rings is 1. The Balaban J connectivity index is 1.75. The van der Waals surface area contributed by atoms with E-state index in [1.807, 2.05) is 12.1 Å². The van der Waals surface area contributed by atoms with Crippen molar-refractivity contribution >= 4 is 0 Å². The van der Waals surface area contributed by atoms with E-state index in [0.29, 0.717) is 6.04 Å². The van der Waals surface area contributed by atoms with Crippen molar-refractivity contribution in [2.24, 2.45) is 0 Å². The monoisotopic (exact) mass is 289 g/mol. The maximum atomic E-state index is 12.8. The van der Waals surface area contributed by atoms with E-state index in [9.17, 15) is 4.39 Å². The van der Waals surface area contributed by atoms with Gasteiger partial charge in [-0.25, -0.2) is 4.39 Å². The Kier molecular flexibility index (Phi) is 5.93. The molecule has 1 aromatic heterocycles. The molecule has 0 fully saturated rings. The second-order valence-electron chi connectivity index (χ2n) is 5.31. The van der Waals surface area contributed by atoms with Crippen LogP contribution in [0.1, 0.15) is 44.0 Å². The first kappa shape index (κ1) is 15.7. The molecule has 3 nitrogen and oxygen atoms in total. The van der Waals surface area contributed by atoms with Crippen LogP contribution in [0.3, 0.4) is 0 Å². The number of hydrogen-bond donors (Lipinski definition) is 1. The summed E-state index contributed by atoms with van der Waals surface area (Å²) in [6, 6.07) is 9.25. The van der Waals surface area contributed by atoms with Gasteiger partial charge in [0.15, 0.2) is 0 Å². The Morgan fingerprint density at radius 1 is 1.14 bits per heavy atom. The lowest BCUT2D eigenvalue weighted by molar-refractivity contribution is 0.424. The standard InChI is InChI=1S/C17H24FN3/c1-3-17(4-2)21-12-10-16(20-21)13-19-11-9-14-5-7-15(18)8-6-14/h5-8,10,12,17,19H,3-4,9,11,13H2,1-2H3. The highest BCUT2D eigenvalue weighted by atomic mass is 19.1. The molecule has 0 amide bonds. The van der Waals surface area contributed by atoms with E-state index < -0.39 is 0 Å². The molecule has 21 heavy (non-hydrogen) atoms. The fraction of sp³-hybridized carbons (Fsp3) is 0.471. The van der Waals surface area contributed by atoms with Crippen molar-refractivity contribution in [2.45, 2.75) is 45.7 Å². The molecule has 0 spiro atoms. The van der Waals surface area contributed by atoms with Gasteiger partial charge in [0.25, 0.3) is 0 Å². The van der Waals surface area contributed by atoms with E-state index in [2.05, 4.69) is 41.2 Å². The van der Waals surface area contributed by atoms with Crippen LogP contribution in [-0.4, -0.2) is 16.3 Å². The predicted octanol–water partition coefficient (Wildman–Crippen LogP) is 3.72. The van der Waals surface area contributed by atoms with Gasteiger partial charge in [-0.2, -0.15) is 5.10 Å². The van der Waals surface area contributed by atoms with E-state index in [1.54, 1.807) is 0 Å². The zero-order valence-electron chi connectivity index (χ0n) is 12.8. The van der Waals surface area contributed by atoms with E-state index in [-0.39, 0.29) is 5.82 Å². The maximum absolute atomic E-state index is 12.8. The van der Waals surface area contributed by atoms with Crippen molar-refractivity contribution in [2.75, 3.05) is 6.54 Å². The molecule has 114 valence electrons. The van der Waals surface area contributed by atoms with Crippen molar-refractivity contribution in [3.05, 3.63) is 53.6 Å². The van der Waals surface area contributed by atoms with Crippen LogP contribution in [0, 0.1) is 5.82 Å². The van der Waals surface area contributed by atoms with Crippen LogP contribution in [0.5, 0.6) is 0 Å². The molecule has 0 unspecified atom stereocenters. The average molecular weight is 289 g/mol. The number of aromatic nitrogens is 2. The van der Waals surface area contributed by atoms with Crippen molar-refractivity contribution in [3.63, 3.8) is 0 Å². The number of rotatable bonds is 8. The summed E-state index contributed by atoms with van der Waals surface area (Å²) in [5.74, 6) is -0.182. The first-order chi connectivity index (χ1) is 10.2. The molecule has 2 aromatic rings. The summed E-state index contributed by atoms with van der Waals surface area (Å²) in [5, 5.41) is 8.00. The van der Waals surface area contributed by atoms with Gasteiger partial charge in [0.2, 0.25) is 0 Å². The minimum atomic E-state index is -0.182. The van der Waals surface area contributed by atoms with E-state index in [0.717, 1.165) is 43.6 Å². The highest BCUT2D eigenvalue weighted by Crippen LogP contribution is 2.14. The third kappa shape index (κ3) is 4.67. The summed E-state index contributed by atoms with van der Waals surface area (Å²) in [6.45, 7) is 6.02. The Labute approximate surface area is 126 Å². The zero-order valence-corrected chi connectivity index (χ0v) is 12.8. The molecule has 0 bridgehead atoms. The third-order valence-electron chi connectivity index (χ3n) is 3.79. The minimum absolute atomic E-state index is 0.182. The lowest BCUT2D eigenvalue weighted by Crippen LogP contribution is -2.17. The maximum Gasteiger partial charge on any atom is 0.123 e. The van der Waals surface area contributed by atoms with Gasteiger partial charge in [0.05, 0.1) is 11.7 Å². The van der Waals surface area contributed by atoms with Crippen LogP contribution in [-0.2, 0) is 13.0 Å². The number of hydrogen-bond acceptors (Lipinski definition) is 2. The molecule has 0 aliphatic rings. The summed E-state index contributed by atoms with van der Waals surface area (Å²) >= 11 is 0. The van der Waals surface area contributed by atoms with Crippen LogP contribution in [0.25, 0.3) is 0 Å². The molecule has 1 N–H and O–H groups in total. The fourth-order valence-electron chi connectivity index (χ4n) is 2.44. The van der Waals surface area contributed by atoms with Crippen LogP contribution in [0.2, 0.25) is 0 Å². The summed E-state index contributed by atoms with van der Waals surface area (Å²) in [4.78, 5) is 0. The SMILES string of the molecule is CCC(CC)n1ccc(CNCCc2ccc(F)cc2)n1. The Morgan fingerprint density at radius 3 is 2.52 bits per heavy atom. The normalized spacial score (nSPS) is 11.2. The molecule has 0 atom stereocenters. The number of nitrogens with zero attached hydrogens (tertiary/aromatic N) is 2. The highest BCUT2D eigenvalue weighted by Gasteiger charge is 2.07. The molecule has 0 radical (unpaired) electrons. The van der Waals surface area contributed by atoms with Crippen molar-refractivity contribution in [1.29, 1.82) is 0 Å². The van der Waals surface area contributed by atoms with Gasteiger partial charge in [-0.05, 0) is 49.6 Å². The van der Waals surface area contributed by atoms with Gasteiger partial charge in [-0.15, -0.1) is 0 Å². The topological polar surface area (TPSA) is 29.9 Å². The van der Waals surface area contributed by atoms with Gasteiger partial charge in [0, 0.05) is 12.7 Å². The van der Waals surface area contributed by atoms with Gasteiger partial charge in [0.1, 0.15) is 5.82 Å². The Morgan fingerprint density at radius 2 is 1.86 bits per heavy atom. The summed E-state index contributed by atoms with van der Waals surface area (Å²) in [5.41, 5.74) is 2.22. The van der Waals surface area contributed by atoms with Gasteiger partial charge < -0.3 is 5.32 Å². The highest BCUT2D eigenvalue weighted by molar-refractivity contribution is 5.16. The predicted molar refractivity (Wildman–Crippen MR) is 83.7 cm³/mol. The summed E-state index contributed by atoms with van der Waals surface area (Å²) < 4.78 is 14.9. The van der Waals surface area contributed by atoms with Crippen LogP contribution < -0.4 is 5.32 Å². The van der Waals surface area contributed by atoms with Crippen molar-refractivity contribution in [3.8, 4) is 0 Å². The quantitative estimate of drug-likeness (QED) is 0.751. The minimum Gasteiger partial charge on any atom is -0.311 e. The first-order valence-electron chi connectivity index (χ1n) is 7.72. The second-order valence-corrected chi connectivity index (χ2v) is 5.31. The molecule has 0 saturated heterocycles. The summed E-state index contributed by atoms with van der Waals surface area (Å²) in [6.07, 6.45) is 5.17. The van der Waals surface area contributed by atoms with Crippen molar-refractivity contribution in [1.82, 2.24) is 15.1 Å². The van der Waals surface area contributed by atoms with E-state index >= 15 is 0 Å². The fourth-order valence-corrected chi connectivity index (χ4v) is 2.44. The van der Waals surface area contributed by atoms with E-state index in [4.69, 9.17) is 0 Å². The smallest absolute Gasteiger partial charge is 0.123 e. The Bertz CT molecular complexity index is 529. The van der Waals surface area contributed by atoms with Crippen LogP contribution >= 0.6 is 0 Å². The molecule has 2 rings (SSSR count). The molecular weight excluding hydrogens is 265 g/mol. The zero-order chi connectivity index (χ0) is 15.1. The first-order valence-corrected chi connectivity index (χ1v) is 7.72. The third-order valence-corrected chi connectivity index (χ3v) is 3.79. The second kappa shape index (κ2) is 7.93. The van der Waals surface area contributed by atoms with Gasteiger partial charge in [-0.3, -0.25) is 4.68 Å². The molecule has 0 saturated carbocycles. The van der Waals surface area contributed by atoms with Gasteiger partial charge >= 0.3 is 0 Å². The molecular formula is C17H24FN3. The van der Waals surface area contributed by atoms with Crippen molar-refractivity contribution < 1.29 is 4.39 Å². The van der Waals surface area contributed by atoms with Gasteiger partial charge in [-0.1, -0.05) is 26.0 Å². The average Bonchev–Trinajstić information content (AvgIpc) is 2.96. The van der Waals surface area contributed by atoms with E-state index in [1.165, 1.54) is 12.1 Å². The van der Waals surface area contributed by atoms with Crippen LogP contribution in [0.4, 0.5) is 4.39 Å². The lowest BCUT2D eigenvalue weighted by Gasteiger charge is -2.12. The molecule has 0 aliphatic carbocycles.